The third kappa shape index (κ3) is 3.34. The fraction of sp³-hybridized carbons (Fsp3) is 0.938. The summed E-state index contributed by atoms with van der Waals surface area (Å²) in [7, 11) is -2.95. The average molecular weight is 357 g/mol. The topological polar surface area (TPSA) is 79.0 Å². The molecule has 0 radical (unpaired) electrons. The van der Waals surface area contributed by atoms with Crippen LogP contribution in [0, 0.1) is 5.41 Å². The number of fused-ring (bicyclic) bond motifs is 1. The van der Waals surface area contributed by atoms with Crippen molar-refractivity contribution in [2.75, 3.05) is 57.4 Å². The summed E-state index contributed by atoms with van der Waals surface area (Å²) in [5.41, 5.74) is 0.237. The predicted octanol–water partition coefficient (Wildman–Crippen LogP) is -0.914. The van der Waals surface area contributed by atoms with Gasteiger partial charge in [0.05, 0.1) is 30.6 Å². The van der Waals surface area contributed by atoms with Crippen LogP contribution in [0.4, 0.5) is 0 Å². The van der Waals surface area contributed by atoms with Gasteiger partial charge in [0.25, 0.3) is 0 Å². The lowest BCUT2D eigenvalue weighted by molar-refractivity contribution is -0.136. The van der Waals surface area contributed by atoms with E-state index in [0.29, 0.717) is 26.1 Å². The van der Waals surface area contributed by atoms with Crippen LogP contribution >= 0.6 is 0 Å². The van der Waals surface area contributed by atoms with Crippen molar-refractivity contribution in [2.24, 2.45) is 5.41 Å². The molecule has 3 atom stereocenters. The summed E-state index contributed by atoms with van der Waals surface area (Å²) >= 11 is 0. The molecule has 0 aromatic carbocycles. The number of piperazine rings is 1. The van der Waals surface area contributed by atoms with Gasteiger partial charge in [0, 0.05) is 44.2 Å². The van der Waals surface area contributed by atoms with Crippen molar-refractivity contribution in [2.45, 2.75) is 31.4 Å². The molecule has 0 bridgehead atoms. The van der Waals surface area contributed by atoms with Crippen LogP contribution in [0.2, 0.25) is 0 Å². The van der Waals surface area contributed by atoms with Crippen LogP contribution in [0.25, 0.3) is 0 Å². The highest BCUT2D eigenvalue weighted by Crippen LogP contribution is 2.39. The first-order chi connectivity index (χ1) is 11.4. The molecule has 1 N–H and O–H groups in total. The number of rotatable bonds is 2. The summed E-state index contributed by atoms with van der Waals surface area (Å²) in [6.07, 6.45) is 2.55. The molecule has 0 aliphatic carbocycles. The zero-order valence-corrected chi connectivity index (χ0v) is 14.9. The number of hydrogen-bond donors (Lipinski definition) is 1. The second-order valence-electron chi connectivity index (χ2n) is 7.91. The molecule has 4 fully saturated rings. The Balaban J connectivity index is 1.32. The molecule has 7 nitrogen and oxygen atoms in total. The molecule has 4 aliphatic heterocycles. The Morgan fingerprint density at radius 3 is 2.96 bits per heavy atom. The Hall–Kier alpha value is -0.700. The van der Waals surface area contributed by atoms with Gasteiger partial charge in [-0.05, 0) is 19.4 Å². The van der Waals surface area contributed by atoms with E-state index in [0.717, 1.165) is 39.1 Å². The van der Waals surface area contributed by atoms with Gasteiger partial charge in [-0.15, -0.1) is 0 Å². The van der Waals surface area contributed by atoms with E-state index in [1.54, 1.807) is 0 Å². The summed E-state index contributed by atoms with van der Waals surface area (Å²) in [6.45, 7) is 5.43. The summed E-state index contributed by atoms with van der Waals surface area (Å²) in [4.78, 5) is 16.7. The van der Waals surface area contributed by atoms with Gasteiger partial charge in [-0.25, -0.2) is 8.42 Å². The van der Waals surface area contributed by atoms with Crippen molar-refractivity contribution >= 4 is 15.7 Å². The number of sulfone groups is 1. The zero-order valence-electron chi connectivity index (χ0n) is 14.1. The first kappa shape index (κ1) is 16.8. The Morgan fingerprint density at radius 2 is 2.17 bits per heavy atom. The molecular formula is C16H27N3O4S. The lowest BCUT2D eigenvalue weighted by Crippen LogP contribution is -2.60. The normalized spacial score (nSPS) is 39.2. The second kappa shape index (κ2) is 6.23. The minimum atomic E-state index is -2.95. The number of ether oxygens (including phenoxy) is 1. The van der Waals surface area contributed by atoms with E-state index in [1.165, 1.54) is 0 Å². The molecule has 0 aromatic rings. The summed E-state index contributed by atoms with van der Waals surface area (Å²) < 4.78 is 29.6. The first-order valence-corrected chi connectivity index (χ1v) is 10.8. The van der Waals surface area contributed by atoms with Gasteiger partial charge >= 0.3 is 0 Å². The lowest BCUT2D eigenvalue weighted by Gasteiger charge is -2.43. The van der Waals surface area contributed by atoms with Crippen LogP contribution in [0.3, 0.4) is 0 Å². The van der Waals surface area contributed by atoms with Crippen molar-refractivity contribution in [3.05, 3.63) is 0 Å². The lowest BCUT2D eigenvalue weighted by atomic mass is 9.84. The van der Waals surface area contributed by atoms with E-state index in [4.69, 9.17) is 4.74 Å². The molecule has 1 unspecified atom stereocenters. The van der Waals surface area contributed by atoms with E-state index in [2.05, 4.69) is 10.2 Å². The molecule has 8 heteroatoms. The average Bonchev–Trinajstić information content (AvgIpc) is 3.16. The van der Waals surface area contributed by atoms with E-state index >= 15 is 0 Å². The van der Waals surface area contributed by atoms with Gasteiger partial charge < -0.3 is 15.0 Å². The molecule has 1 spiro atoms. The summed E-state index contributed by atoms with van der Waals surface area (Å²) in [5.74, 6) is 0.556. The highest BCUT2D eigenvalue weighted by Gasteiger charge is 2.43. The van der Waals surface area contributed by atoms with Crippen LogP contribution in [0.1, 0.15) is 19.3 Å². The maximum atomic E-state index is 12.7. The van der Waals surface area contributed by atoms with Crippen molar-refractivity contribution < 1.29 is 17.9 Å². The van der Waals surface area contributed by atoms with Gasteiger partial charge in [0.15, 0.2) is 9.84 Å². The number of amides is 1. The monoisotopic (exact) mass is 357 g/mol. The molecule has 24 heavy (non-hydrogen) atoms. The van der Waals surface area contributed by atoms with E-state index in [1.807, 2.05) is 4.90 Å². The van der Waals surface area contributed by atoms with Crippen LogP contribution in [-0.2, 0) is 19.4 Å². The van der Waals surface area contributed by atoms with E-state index in [9.17, 15) is 13.2 Å². The number of nitrogens with one attached hydrogen (secondary N) is 1. The van der Waals surface area contributed by atoms with Gasteiger partial charge in [0.1, 0.15) is 0 Å². The molecule has 0 aromatic heterocycles. The zero-order chi connectivity index (χ0) is 16.8. The first-order valence-electron chi connectivity index (χ1n) is 8.99. The van der Waals surface area contributed by atoms with Crippen LogP contribution in [-0.4, -0.2) is 93.7 Å². The maximum Gasteiger partial charge on any atom is 0.225 e. The summed E-state index contributed by atoms with van der Waals surface area (Å²) in [5, 5.41) is 3.39. The molecule has 4 aliphatic rings. The molecule has 0 saturated carbocycles. The van der Waals surface area contributed by atoms with Crippen LogP contribution in [0.5, 0.6) is 0 Å². The van der Waals surface area contributed by atoms with E-state index in [-0.39, 0.29) is 35.0 Å². The molecule has 4 saturated heterocycles. The predicted molar refractivity (Wildman–Crippen MR) is 89.5 cm³/mol. The van der Waals surface area contributed by atoms with Crippen molar-refractivity contribution in [1.82, 2.24) is 15.1 Å². The fourth-order valence-corrected chi connectivity index (χ4v) is 6.23. The Labute approximate surface area is 143 Å². The maximum absolute atomic E-state index is 12.7. The van der Waals surface area contributed by atoms with Crippen molar-refractivity contribution in [3.8, 4) is 0 Å². The van der Waals surface area contributed by atoms with Crippen LogP contribution < -0.4 is 5.32 Å². The number of carbonyl (C=O) groups excluding carboxylic acids is 1. The highest BCUT2D eigenvalue weighted by atomic mass is 32.2. The SMILES string of the molecule is O=C(C[C@@H]1C[C@@]2(CCNC2)CO1)N1CCN2CCS(=O)(=O)CC2C1. The smallest absolute Gasteiger partial charge is 0.225 e. The molecular weight excluding hydrogens is 330 g/mol. The molecule has 136 valence electrons. The van der Waals surface area contributed by atoms with Crippen molar-refractivity contribution in [1.29, 1.82) is 0 Å². The second-order valence-corrected chi connectivity index (χ2v) is 10.1. The van der Waals surface area contributed by atoms with Crippen molar-refractivity contribution in [3.63, 3.8) is 0 Å². The largest absolute Gasteiger partial charge is 0.377 e. The number of carbonyl (C=O) groups is 1. The standard InChI is InChI=1S/C16H27N3O4S/c20-15(7-14-8-16(12-23-14)1-2-17-11-16)19-4-3-18-5-6-24(21,22)10-13(18)9-19/h13-14,17H,1-12H2/t13?,14-,16-/m1/s1. The third-order valence-electron chi connectivity index (χ3n) is 6.11. The van der Waals surface area contributed by atoms with Gasteiger partial charge in [0.2, 0.25) is 5.91 Å². The number of hydrogen-bond acceptors (Lipinski definition) is 6. The quantitative estimate of drug-likeness (QED) is 0.689. The Bertz CT molecular complexity index is 602. The van der Waals surface area contributed by atoms with Crippen LogP contribution in [0.15, 0.2) is 0 Å². The number of nitrogens with zero attached hydrogens (tertiary/aromatic N) is 2. The Kier molecular flexibility index (Phi) is 4.35. The fourth-order valence-electron chi connectivity index (χ4n) is 4.65. The van der Waals surface area contributed by atoms with Gasteiger partial charge in [-0.2, -0.15) is 0 Å². The van der Waals surface area contributed by atoms with E-state index < -0.39 is 9.84 Å². The molecule has 4 rings (SSSR count). The minimum Gasteiger partial charge on any atom is -0.377 e. The Morgan fingerprint density at radius 1 is 1.29 bits per heavy atom. The van der Waals surface area contributed by atoms with Gasteiger partial charge in [-0.1, -0.05) is 0 Å². The summed E-state index contributed by atoms with van der Waals surface area (Å²) in [6, 6.07) is -0.0312. The van der Waals surface area contributed by atoms with Gasteiger partial charge in [-0.3, -0.25) is 9.69 Å². The molecule has 1 amide bonds. The third-order valence-corrected chi connectivity index (χ3v) is 7.81. The molecule has 4 heterocycles. The minimum absolute atomic E-state index is 0.0190. The highest BCUT2D eigenvalue weighted by molar-refractivity contribution is 7.91.